The van der Waals surface area contributed by atoms with E-state index in [-0.39, 0.29) is 42.3 Å². The van der Waals surface area contributed by atoms with E-state index in [1.165, 1.54) is 21.9 Å². The first kappa shape index (κ1) is 28.4. The molecule has 3 fully saturated rings. The van der Waals surface area contributed by atoms with E-state index in [0.29, 0.717) is 11.7 Å². The number of nitrogens with two attached hydrogens (primary N) is 1. The summed E-state index contributed by atoms with van der Waals surface area (Å²) < 4.78 is 44.1. The van der Waals surface area contributed by atoms with E-state index in [1.807, 2.05) is 29.7 Å². The molecule has 3 amide bonds. The highest BCUT2D eigenvalue weighted by Gasteiger charge is 2.31. The first-order chi connectivity index (χ1) is 19.2. The lowest BCUT2D eigenvalue weighted by Crippen LogP contribution is -2.56. The zero-order valence-electron chi connectivity index (χ0n) is 22.3. The van der Waals surface area contributed by atoms with E-state index in [1.54, 1.807) is 0 Å². The molecule has 0 aliphatic carbocycles. The Labute approximate surface area is 233 Å². The quantitative estimate of drug-likeness (QED) is 0.283. The zero-order valence-corrected chi connectivity index (χ0v) is 23.1. The van der Waals surface area contributed by atoms with Crippen molar-refractivity contribution in [2.24, 2.45) is 5.84 Å². The van der Waals surface area contributed by atoms with Crippen LogP contribution in [-0.4, -0.2) is 105 Å². The van der Waals surface area contributed by atoms with Crippen LogP contribution in [0.3, 0.4) is 0 Å². The van der Waals surface area contributed by atoms with Gasteiger partial charge in [0.2, 0.25) is 0 Å². The van der Waals surface area contributed by atoms with E-state index in [0.717, 1.165) is 57.6 Å². The summed E-state index contributed by atoms with van der Waals surface area (Å²) in [7, 11) is -3.18. The van der Waals surface area contributed by atoms with Crippen molar-refractivity contribution < 1.29 is 27.1 Å². The van der Waals surface area contributed by atoms with E-state index < -0.39 is 27.6 Å². The van der Waals surface area contributed by atoms with Gasteiger partial charge in [0.05, 0.1) is 37.3 Å². The Morgan fingerprint density at radius 1 is 1.00 bits per heavy atom. The van der Waals surface area contributed by atoms with Crippen LogP contribution in [0.4, 0.5) is 14.9 Å². The third kappa shape index (κ3) is 6.61. The number of halogens is 1. The van der Waals surface area contributed by atoms with Crippen molar-refractivity contribution in [3.8, 4) is 0 Å². The van der Waals surface area contributed by atoms with E-state index in [9.17, 15) is 22.4 Å². The molecule has 0 unspecified atom stereocenters. The Bertz CT molecular complexity index is 1320. The summed E-state index contributed by atoms with van der Waals surface area (Å²) in [5.41, 5.74) is 3.92. The zero-order chi connectivity index (χ0) is 28.3. The van der Waals surface area contributed by atoms with E-state index >= 15 is 0 Å². The summed E-state index contributed by atoms with van der Waals surface area (Å²) in [6.07, 6.45) is 0. The highest BCUT2D eigenvalue weighted by Crippen LogP contribution is 2.24. The first-order valence-electron chi connectivity index (χ1n) is 13.4. The van der Waals surface area contributed by atoms with Gasteiger partial charge in [0.1, 0.15) is 5.82 Å². The van der Waals surface area contributed by atoms with Crippen LogP contribution in [0.25, 0.3) is 0 Å². The van der Waals surface area contributed by atoms with Gasteiger partial charge < -0.3 is 9.64 Å². The fraction of sp³-hybridized carbons (Fsp3) is 0.481. The number of benzene rings is 2. The SMILES string of the molecule is NNC(=O)c1ccc(CN(C(=O)N2CCS(=O)(=O)CC2)c2ccc(CN3CCN(C4COC4)CC3)cc2)c(F)c1. The molecule has 0 bridgehead atoms. The minimum Gasteiger partial charge on any atom is -0.378 e. The summed E-state index contributed by atoms with van der Waals surface area (Å²) in [4.78, 5) is 33.2. The van der Waals surface area contributed by atoms with Gasteiger partial charge in [-0.05, 0) is 29.8 Å². The second kappa shape index (κ2) is 12.2. The highest BCUT2D eigenvalue weighted by molar-refractivity contribution is 7.91. The molecular formula is C27H35FN6O5S. The van der Waals surface area contributed by atoms with Gasteiger partial charge in [0.25, 0.3) is 5.91 Å². The maximum atomic E-state index is 15.0. The third-order valence-electron chi connectivity index (χ3n) is 7.82. The summed E-state index contributed by atoms with van der Waals surface area (Å²) >= 11 is 0. The number of urea groups is 1. The Morgan fingerprint density at radius 2 is 1.68 bits per heavy atom. The molecule has 3 heterocycles. The average Bonchev–Trinajstić information content (AvgIpc) is 2.92. The van der Waals surface area contributed by atoms with Crippen molar-refractivity contribution in [2.75, 3.05) is 68.9 Å². The van der Waals surface area contributed by atoms with Crippen LogP contribution in [0.1, 0.15) is 21.5 Å². The molecule has 0 spiro atoms. The van der Waals surface area contributed by atoms with E-state index in [4.69, 9.17) is 10.6 Å². The van der Waals surface area contributed by atoms with Crippen LogP contribution in [0.2, 0.25) is 0 Å². The number of ether oxygens (including phenoxy) is 1. The molecule has 3 N–H and O–H groups in total. The second-order valence-electron chi connectivity index (χ2n) is 10.5. The van der Waals surface area contributed by atoms with Crippen molar-refractivity contribution in [1.82, 2.24) is 20.1 Å². The number of sulfone groups is 1. The number of anilines is 1. The smallest absolute Gasteiger partial charge is 0.324 e. The van der Waals surface area contributed by atoms with Crippen LogP contribution in [-0.2, 0) is 27.7 Å². The minimum absolute atomic E-state index is 0.0640. The number of carbonyl (C=O) groups is 2. The van der Waals surface area contributed by atoms with Crippen LogP contribution in [0, 0.1) is 5.82 Å². The van der Waals surface area contributed by atoms with Gasteiger partial charge in [-0.1, -0.05) is 18.2 Å². The lowest BCUT2D eigenvalue weighted by atomic mass is 10.1. The Kier molecular flexibility index (Phi) is 8.66. The number of rotatable bonds is 7. The van der Waals surface area contributed by atoms with Crippen LogP contribution in [0.5, 0.6) is 0 Å². The largest absolute Gasteiger partial charge is 0.378 e. The summed E-state index contributed by atoms with van der Waals surface area (Å²) in [6.45, 7) is 6.45. The molecule has 0 atom stereocenters. The fourth-order valence-corrected chi connectivity index (χ4v) is 6.38. The monoisotopic (exact) mass is 574 g/mol. The molecule has 13 heteroatoms. The van der Waals surface area contributed by atoms with E-state index in [2.05, 4.69) is 9.80 Å². The number of piperazine rings is 1. The topological polar surface area (TPSA) is 129 Å². The molecule has 2 aromatic rings. The predicted molar refractivity (Wildman–Crippen MR) is 148 cm³/mol. The van der Waals surface area contributed by atoms with Crippen LogP contribution in [0.15, 0.2) is 42.5 Å². The molecule has 0 aromatic heterocycles. The number of hydrazine groups is 1. The van der Waals surface area contributed by atoms with Gasteiger partial charge in [-0.2, -0.15) is 0 Å². The van der Waals surface area contributed by atoms with Crippen molar-refractivity contribution in [2.45, 2.75) is 19.1 Å². The van der Waals surface area contributed by atoms with Crippen molar-refractivity contribution >= 4 is 27.5 Å². The highest BCUT2D eigenvalue weighted by atomic mass is 32.2. The lowest BCUT2D eigenvalue weighted by Gasteiger charge is -2.42. The molecule has 3 aliphatic rings. The molecule has 3 saturated heterocycles. The lowest BCUT2D eigenvalue weighted by molar-refractivity contribution is -0.0774. The summed E-state index contributed by atoms with van der Waals surface area (Å²) in [5.74, 6) is 3.67. The summed E-state index contributed by atoms with van der Waals surface area (Å²) in [5, 5.41) is 0. The number of carbonyl (C=O) groups excluding carboxylic acids is 2. The van der Waals surface area contributed by atoms with Crippen molar-refractivity contribution in [1.29, 1.82) is 0 Å². The van der Waals surface area contributed by atoms with Gasteiger partial charge in [0, 0.05) is 62.6 Å². The number of nitrogens with one attached hydrogen (secondary N) is 1. The molecule has 0 radical (unpaired) electrons. The first-order valence-corrected chi connectivity index (χ1v) is 15.2. The van der Waals surface area contributed by atoms with Gasteiger partial charge in [0.15, 0.2) is 9.84 Å². The number of nitrogens with zero attached hydrogens (tertiary/aromatic N) is 4. The third-order valence-corrected chi connectivity index (χ3v) is 9.43. The predicted octanol–water partition coefficient (Wildman–Crippen LogP) is 0.803. The number of hydrogen-bond acceptors (Lipinski definition) is 8. The molecule has 3 aliphatic heterocycles. The Morgan fingerprint density at radius 3 is 2.25 bits per heavy atom. The van der Waals surface area contributed by atoms with Crippen molar-refractivity contribution in [3.63, 3.8) is 0 Å². The molecule has 2 aromatic carbocycles. The second-order valence-corrected chi connectivity index (χ2v) is 12.8. The van der Waals surface area contributed by atoms with Gasteiger partial charge in [-0.15, -0.1) is 0 Å². The standard InChI is InChI=1S/C27H35FN6O5S/c28-25-15-21(26(35)30-29)3-4-22(25)17-34(27(36)33-11-13-40(37,38)14-12-33)23-5-1-20(2-6-23)16-31-7-9-32(10-8-31)24-18-39-19-24/h1-6,15,24H,7-14,16-19,29H2,(H,30,35). The molecule has 0 saturated carbocycles. The van der Waals surface area contributed by atoms with Crippen LogP contribution < -0.4 is 16.2 Å². The average molecular weight is 575 g/mol. The Balaban J connectivity index is 1.30. The maximum absolute atomic E-state index is 15.0. The molecule has 216 valence electrons. The van der Waals surface area contributed by atoms with Gasteiger partial charge in [-0.3, -0.25) is 24.9 Å². The minimum atomic E-state index is -3.18. The molecule has 5 rings (SSSR count). The number of amides is 3. The van der Waals surface area contributed by atoms with Gasteiger partial charge >= 0.3 is 6.03 Å². The number of nitrogen functional groups attached to an aromatic ring is 1. The van der Waals surface area contributed by atoms with Gasteiger partial charge in [-0.25, -0.2) is 23.4 Å². The number of hydrogen-bond donors (Lipinski definition) is 2. The van der Waals surface area contributed by atoms with Crippen LogP contribution >= 0.6 is 0 Å². The normalized spacial score (nSPS) is 20.1. The fourth-order valence-electron chi connectivity index (χ4n) is 5.17. The molecule has 40 heavy (non-hydrogen) atoms. The molecule has 11 nitrogen and oxygen atoms in total. The van der Waals surface area contributed by atoms with Crippen molar-refractivity contribution in [3.05, 3.63) is 65.0 Å². The maximum Gasteiger partial charge on any atom is 0.324 e. The Hall–Kier alpha value is -3.10. The summed E-state index contributed by atoms with van der Waals surface area (Å²) in [6, 6.07) is 11.7. The molecular weight excluding hydrogens is 539 g/mol.